The Balaban J connectivity index is 0.000000127. The molecule has 0 fully saturated rings. The van der Waals surface area contributed by atoms with Crippen molar-refractivity contribution in [2.45, 2.75) is 0 Å². The highest BCUT2D eigenvalue weighted by Crippen LogP contribution is 1.91. The lowest BCUT2D eigenvalue weighted by molar-refractivity contribution is 0.505. The molecule has 1 aromatic heterocycles. The lowest BCUT2D eigenvalue weighted by atomic mass is 10.4. The Bertz CT molecular complexity index is 219. The van der Waals surface area contributed by atoms with Crippen LogP contribution in [0, 0.1) is 0 Å². The van der Waals surface area contributed by atoms with Gasteiger partial charge in [-0.25, -0.2) is 0 Å². The van der Waals surface area contributed by atoms with Crippen molar-refractivity contribution in [1.82, 2.24) is 15.1 Å². The minimum Gasteiger partial charge on any atom is -0.377 e. The van der Waals surface area contributed by atoms with Crippen LogP contribution < -0.4 is 0 Å². The van der Waals surface area contributed by atoms with Crippen molar-refractivity contribution >= 4 is 0 Å². The maximum atomic E-state index is 3.60. The third-order valence-electron chi connectivity index (χ3n) is 1.39. The zero-order valence-electron chi connectivity index (χ0n) is 7.14. The van der Waals surface area contributed by atoms with Crippen LogP contribution in [0.3, 0.4) is 0 Å². The number of rotatable bonds is 0. The topological polar surface area (TPSA) is 31.9 Å². The molecule has 0 aliphatic carbocycles. The molecule has 2 heterocycles. The van der Waals surface area contributed by atoms with Gasteiger partial charge in [-0.2, -0.15) is 5.10 Å². The molecule has 2 rings (SSSR count). The van der Waals surface area contributed by atoms with Crippen molar-refractivity contribution in [2.75, 3.05) is 13.6 Å². The molecule has 0 saturated heterocycles. The summed E-state index contributed by atoms with van der Waals surface area (Å²) in [4.78, 5) is 2.12. The van der Waals surface area contributed by atoms with Crippen LogP contribution in [-0.2, 0) is 0 Å². The van der Waals surface area contributed by atoms with Gasteiger partial charge in [0.1, 0.15) is 0 Å². The molecule has 3 heteroatoms. The van der Waals surface area contributed by atoms with Crippen LogP contribution in [0.25, 0.3) is 0 Å². The molecule has 0 bridgehead atoms. The number of likely N-dealkylation sites (N-methyl/N-ethyl adjacent to an activating group) is 1. The summed E-state index contributed by atoms with van der Waals surface area (Å²) in [7, 11) is 2.06. The first kappa shape index (κ1) is 8.59. The van der Waals surface area contributed by atoms with Crippen LogP contribution >= 0.6 is 0 Å². The average molecular weight is 163 g/mol. The van der Waals surface area contributed by atoms with E-state index in [-0.39, 0.29) is 0 Å². The average Bonchev–Trinajstić information content (AvgIpc) is 2.62. The van der Waals surface area contributed by atoms with E-state index in [1.165, 1.54) is 0 Å². The maximum Gasteiger partial charge on any atom is 0.0487 e. The molecule has 1 aliphatic rings. The predicted molar refractivity (Wildman–Crippen MR) is 49.5 cm³/mol. The maximum absolute atomic E-state index is 3.60. The summed E-state index contributed by atoms with van der Waals surface area (Å²) in [6.45, 7) is 1.05. The van der Waals surface area contributed by atoms with E-state index in [1.54, 1.807) is 12.4 Å². The standard InChI is InChI=1S/C6H9N.C3H4N2/c1-7-5-3-2-4-6-7;1-2-4-5-3-1/h2-5H,6H2,1H3;1-3H,(H,4,5). The predicted octanol–water partition coefficient (Wildman–Crippen LogP) is 1.41. The Morgan fingerprint density at radius 3 is 2.58 bits per heavy atom. The van der Waals surface area contributed by atoms with Gasteiger partial charge in [0, 0.05) is 26.0 Å². The lowest BCUT2D eigenvalue weighted by Crippen LogP contribution is -2.11. The summed E-state index contributed by atoms with van der Waals surface area (Å²) >= 11 is 0. The Morgan fingerprint density at radius 2 is 2.33 bits per heavy atom. The number of allylic oxidation sites excluding steroid dienone is 2. The summed E-state index contributed by atoms with van der Waals surface area (Å²) < 4.78 is 0. The summed E-state index contributed by atoms with van der Waals surface area (Å²) in [6, 6.07) is 1.83. The van der Waals surface area contributed by atoms with Crippen LogP contribution in [-0.4, -0.2) is 28.7 Å². The summed E-state index contributed by atoms with van der Waals surface area (Å²) in [5.41, 5.74) is 0. The van der Waals surface area contributed by atoms with E-state index in [2.05, 4.69) is 40.5 Å². The third-order valence-corrected chi connectivity index (χ3v) is 1.39. The first-order valence-electron chi connectivity index (χ1n) is 3.87. The van der Waals surface area contributed by atoms with Crippen molar-refractivity contribution in [3.8, 4) is 0 Å². The Kier molecular flexibility index (Phi) is 3.71. The molecule has 0 aromatic carbocycles. The van der Waals surface area contributed by atoms with E-state index in [0.29, 0.717) is 0 Å². The van der Waals surface area contributed by atoms with Gasteiger partial charge in [-0.3, -0.25) is 5.10 Å². The highest BCUT2D eigenvalue weighted by atomic mass is 15.1. The van der Waals surface area contributed by atoms with Crippen LogP contribution in [0.5, 0.6) is 0 Å². The minimum absolute atomic E-state index is 1.05. The molecule has 0 atom stereocenters. The van der Waals surface area contributed by atoms with E-state index >= 15 is 0 Å². The largest absolute Gasteiger partial charge is 0.377 e. The van der Waals surface area contributed by atoms with Crippen LogP contribution in [0.4, 0.5) is 0 Å². The molecule has 0 spiro atoms. The van der Waals surface area contributed by atoms with Gasteiger partial charge in [0.05, 0.1) is 0 Å². The fourth-order valence-electron chi connectivity index (χ4n) is 0.778. The van der Waals surface area contributed by atoms with Gasteiger partial charge in [-0.1, -0.05) is 12.2 Å². The van der Waals surface area contributed by atoms with Crippen molar-refractivity contribution in [3.63, 3.8) is 0 Å². The Labute approximate surface area is 72.4 Å². The number of nitrogens with one attached hydrogen (secondary N) is 1. The molecule has 1 N–H and O–H groups in total. The van der Waals surface area contributed by atoms with E-state index in [4.69, 9.17) is 0 Å². The molecule has 0 saturated carbocycles. The highest BCUT2D eigenvalue weighted by molar-refractivity contribution is 5.07. The number of aromatic nitrogens is 2. The van der Waals surface area contributed by atoms with Gasteiger partial charge in [-0.05, 0) is 18.3 Å². The van der Waals surface area contributed by atoms with Crippen LogP contribution in [0.1, 0.15) is 0 Å². The van der Waals surface area contributed by atoms with Gasteiger partial charge >= 0.3 is 0 Å². The zero-order valence-corrected chi connectivity index (χ0v) is 7.14. The number of aromatic amines is 1. The van der Waals surface area contributed by atoms with E-state index in [0.717, 1.165) is 6.54 Å². The SMILES string of the molecule is CN1C=CC=CC1.c1cn[nH]c1. The number of hydrogen-bond donors (Lipinski definition) is 1. The van der Waals surface area contributed by atoms with E-state index in [1.807, 2.05) is 12.1 Å². The Morgan fingerprint density at radius 1 is 1.42 bits per heavy atom. The van der Waals surface area contributed by atoms with Crippen molar-refractivity contribution in [2.24, 2.45) is 0 Å². The van der Waals surface area contributed by atoms with Gasteiger partial charge in [0.25, 0.3) is 0 Å². The fraction of sp³-hybridized carbons (Fsp3) is 0.222. The quantitative estimate of drug-likeness (QED) is 0.627. The van der Waals surface area contributed by atoms with Crippen molar-refractivity contribution in [1.29, 1.82) is 0 Å². The molecule has 0 unspecified atom stereocenters. The molecule has 0 radical (unpaired) electrons. The van der Waals surface area contributed by atoms with Gasteiger partial charge in [0.15, 0.2) is 0 Å². The molecule has 1 aliphatic heterocycles. The van der Waals surface area contributed by atoms with Gasteiger partial charge < -0.3 is 4.90 Å². The molecule has 64 valence electrons. The monoisotopic (exact) mass is 163 g/mol. The third kappa shape index (κ3) is 3.61. The number of hydrogen-bond acceptors (Lipinski definition) is 2. The summed E-state index contributed by atoms with van der Waals surface area (Å²) in [5, 5.41) is 6.21. The first-order valence-corrected chi connectivity index (χ1v) is 3.87. The molecule has 1 aromatic rings. The normalized spacial score (nSPS) is 13.9. The zero-order chi connectivity index (χ0) is 8.65. The number of nitrogens with zero attached hydrogens (tertiary/aromatic N) is 2. The minimum atomic E-state index is 1.05. The second-order valence-electron chi connectivity index (χ2n) is 2.48. The smallest absolute Gasteiger partial charge is 0.0487 e. The van der Waals surface area contributed by atoms with E-state index < -0.39 is 0 Å². The van der Waals surface area contributed by atoms with Gasteiger partial charge in [0.2, 0.25) is 0 Å². The van der Waals surface area contributed by atoms with Crippen molar-refractivity contribution < 1.29 is 0 Å². The highest BCUT2D eigenvalue weighted by Gasteiger charge is 1.86. The first-order chi connectivity index (χ1) is 5.89. The molecule has 0 amide bonds. The molecule has 12 heavy (non-hydrogen) atoms. The van der Waals surface area contributed by atoms with Crippen molar-refractivity contribution in [3.05, 3.63) is 42.9 Å². The summed E-state index contributed by atoms with van der Waals surface area (Å²) in [6.07, 6.45) is 11.7. The van der Waals surface area contributed by atoms with E-state index in [9.17, 15) is 0 Å². The lowest BCUT2D eigenvalue weighted by Gasteiger charge is -2.11. The van der Waals surface area contributed by atoms with Crippen LogP contribution in [0.15, 0.2) is 42.9 Å². The fourth-order valence-corrected chi connectivity index (χ4v) is 0.778. The second-order valence-corrected chi connectivity index (χ2v) is 2.48. The molecular formula is C9H13N3. The number of H-pyrrole nitrogens is 1. The van der Waals surface area contributed by atoms with Crippen LogP contribution in [0.2, 0.25) is 0 Å². The summed E-state index contributed by atoms with van der Waals surface area (Å²) in [5.74, 6) is 0. The molecule has 3 nitrogen and oxygen atoms in total. The second kappa shape index (κ2) is 5.18. The van der Waals surface area contributed by atoms with Gasteiger partial charge in [-0.15, -0.1) is 0 Å². The molecular weight excluding hydrogens is 150 g/mol. The Hall–Kier alpha value is -1.51.